The van der Waals surface area contributed by atoms with Crippen LogP contribution >= 0.6 is 0 Å². The van der Waals surface area contributed by atoms with Gasteiger partial charge in [-0.15, -0.1) is 0 Å². The van der Waals surface area contributed by atoms with Crippen molar-refractivity contribution in [2.75, 3.05) is 20.1 Å². The lowest BCUT2D eigenvalue weighted by Crippen LogP contribution is -2.51. The minimum absolute atomic E-state index is 0.325. The van der Waals surface area contributed by atoms with Crippen molar-refractivity contribution in [3.8, 4) is 0 Å². The number of rotatable bonds is 6. The van der Waals surface area contributed by atoms with Gasteiger partial charge < -0.3 is 10.6 Å². The van der Waals surface area contributed by atoms with E-state index in [9.17, 15) is 4.79 Å². The summed E-state index contributed by atoms with van der Waals surface area (Å²) >= 11 is 0. The Morgan fingerprint density at radius 1 is 1.19 bits per heavy atom. The van der Waals surface area contributed by atoms with Crippen molar-refractivity contribution in [3.05, 3.63) is 0 Å². The summed E-state index contributed by atoms with van der Waals surface area (Å²) in [5.41, 5.74) is 6.12. The highest BCUT2D eigenvalue weighted by Crippen LogP contribution is 2.60. The minimum Gasteiger partial charge on any atom is -0.345 e. The highest BCUT2D eigenvalue weighted by atomic mass is 16.2. The van der Waals surface area contributed by atoms with Crippen molar-refractivity contribution in [3.63, 3.8) is 0 Å². The van der Waals surface area contributed by atoms with E-state index in [0.717, 1.165) is 30.7 Å². The Morgan fingerprint density at radius 2 is 1.71 bits per heavy atom. The lowest BCUT2D eigenvalue weighted by molar-refractivity contribution is -0.135. The Labute approximate surface area is 129 Å². The average molecular weight is 292 g/mol. The number of hydrogen-bond donors (Lipinski definition) is 1. The van der Waals surface area contributed by atoms with Gasteiger partial charge in [-0.1, -0.05) is 6.92 Å². The second-order valence-corrected chi connectivity index (χ2v) is 8.55. The Hall–Kier alpha value is -0.570. The van der Waals surface area contributed by atoms with Crippen molar-refractivity contribution in [1.29, 1.82) is 0 Å². The summed E-state index contributed by atoms with van der Waals surface area (Å²) in [6.45, 7) is 3.82. The summed E-state index contributed by atoms with van der Waals surface area (Å²) in [7, 11) is 2.02. The predicted molar refractivity (Wildman–Crippen MR) is 85.7 cm³/mol. The van der Waals surface area contributed by atoms with E-state index in [2.05, 4.69) is 6.92 Å². The molecule has 4 aliphatic carbocycles. The highest BCUT2D eigenvalue weighted by molar-refractivity contribution is 5.75. The Balaban J connectivity index is 1.54. The highest BCUT2D eigenvalue weighted by Gasteiger charge is 2.51. The van der Waals surface area contributed by atoms with E-state index in [1.54, 1.807) is 0 Å². The molecule has 3 nitrogen and oxygen atoms in total. The quantitative estimate of drug-likeness (QED) is 0.818. The van der Waals surface area contributed by atoms with E-state index < -0.39 is 0 Å². The average Bonchev–Trinajstić information content (AvgIpc) is 2.42. The van der Waals surface area contributed by atoms with Gasteiger partial charge in [-0.05, 0) is 80.6 Å². The summed E-state index contributed by atoms with van der Waals surface area (Å²) in [4.78, 5) is 14.4. The second kappa shape index (κ2) is 5.91. The molecule has 4 rings (SSSR count). The lowest BCUT2D eigenvalue weighted by Gasteiger charge is -2.57. The van der Waals surface area contributed by atoms with Crippen LogP contribution in [0.2, 0.25) is 0 Å². The van der Waals surface area contributed by atoms with E-state index >= 15 is 0 Å². The van der Waals surface area contributed by atoms with Gasteiger partial charge in [0.25, 0.3) is 0 Å². The van der Waals surface area contributed by atoms with Crippen LogP contribution in [-0.2, 0) is 4.79 Å². The maximum absolute atomic E-state index is 12.4. The first kappa shape index (κ1) is 15.3. The molecule has 0 aromatic rings. The maximum Gasteiger partial charge on any atom is 0.222 e. The topological polar surface area (TPSA) is 46.3 Å². The Bertz CT molecular complexity index is 357. The van der Waals surface area contributed by atoms with E-state index in [1.807, 2.05) is 11.9 Å². The van der Waals surface area contributed by atoms with Crippen molar-refractivity contribution in [1.82, 2.24) is 4.90 Å². The molecule has 2 N–H and O–H groups in total. The number of carbonyl (C=O) groups excluding carboxylic acids is 1. The fourth-order valence-electron chi connectivity index (χ4n) is 5.75. The van der Waals surface area contributed by atoms with Crippen LogP contribution in [0.3, 0.4) is 0 Å². The molecular weight excluding hydrogens is 260 g/mol. The molecule has 1 unspecified atom stereocenters. The molecule has 4 fully saturated rings. The molecule has 0 aromatic heterocycles. The monoisotopic (exact) mass is 292 g/mol. The smallest absolute Gasteiger partial charge is 0.222 e. The molecule has 0 heterocycles. The van der Waals surface area contributed by atoms with Gasteiger partial charge in [0.05, 0.1) is 0 Å². The van der Waals surface area contributed by atoms with Crippen LogP contribution in [0.15, 0.2) is 0 Å². The van der Waals surface area contributed by atoms with Crippen molar-refractivity contribution in [2.24, 2.45) is 34.8 Å². The standard InChI is InChI=1S/C18H32N2O/c1-13(11-19)3-4-17(21)20(2)12-18-8-14-5-15(9-18)7-16(6-14)10-18/h13-16H,3-12,19H2,1-2H3. The summed E-state index contributed by atoms with van der Waals surface area (Å²) in [5, 5.41) is 0. The molecule has 0 saturated heterocycles. The first-order chi connectivity index (χ1) is 9.99. The first-order valence-corrected chi connectivity index (χ1v) is 8.94. The molecule has 1 amide bonds. The van der Waals surface area contributed by atoms with Gasteiger partial charge >= 0.3 is 0 Å². The molecule has 0 aromatic carbocycles. The molecule has 3 heteroatoms. The zero-order chi connectivity index (χ0) is 15.0. The van der Waals surface area contributed by atoms with Crippen LogP contribution in [0.25, 0.3) is 0 Å². The molecule has 4 bridgehead atoms. The van der Waals surface area contributed by atoms with Gasteiger partial charge in [0.15, 0.2) is 0 Å². The van der Waals surface area contributed by atoms with Gasteiger partial charge in [-0.3, -0.25) is 4.79 Å². The molecule has 4 aliphatic rings. The zero-order valence-electron chi connectivity index (χ0n) is 13.8. The summed E-state index contributed by atoms with van der Waals surface area (Å²) < 4.78 is 0. The number of nitrogens with zero attached hydrogens (tertiary/aromatic N) is 1. The van der Waals surface area contributed by atoms with Crippen LogP contribution in [0.4, 0.5) is 0 Å². The molecule has 0 aliphatic heterocycles. The first-order valence-electron chi connectivity index (χ1n) is 8.94. The third-order valence-electron chi connectivity index (χ3n) is 6.42. The van der Waals surface area contributed by atoms with E-state index in [0.29, 0.717) is 30.2 Å². The fourth-order valence-corrected chi connectivity index (χ4v) is 5.75. The maximum atomic E-state index is 12.4. The zero-order valence-corrected chi connectivity index (χ0v) is 13.8. The summed E-state index contributed by atoms with van der Waals surface area (Å²) in [6.07, 6.45) is 10.2. The number of hydrogen-bond acceptors (Lipinski definition) is 2. The number of nitrogens with two attached hydrogens (primary N) is 1. The molecule has 21 heavy (non-hydrogen) atoms. The molecule has 0 spiro atoms. The Morgan fingerprint density at radius 3 is 2.19 bits per heavy atom. The van der Waals surface area contributed by atoms with Gasteiger partial charge in [0.2, 0.25) is 5.91 Å². The van der Waals surface area contributed by atoms with Gasteiger partial charge in [-0.2, -0.15) is 0 Å². The SMILES string of the molecule is CC(CN)CCC(=O)N(C)CC12CC3CC(CC(C3)C1)C2. The Kier molecular flexibility index (Phi) is 4.31. The van der Waals surface area contributed by atoms with Gasteiger partial charge in [0.1, 0.15) is 0 Å². The molecule has 0 radical (unpaired) electrons. The van der Waals surface area contributed by atoms with Crippen molar-refractivity contribution < 1.29 is 4.79 Å². The van der Waals surface area contributed by atoms with E-state index in [-0.39, 0.29) is 0 Å². The predicted octanol–water partition coefficient (Wildman–Crippen LogP) is 3.04. The van der Waals surface area contributed by atoms with Gasteiger partial charge in [0, 0.05) is 20.0 Å². The molecule has 4 saturated carbocycles. The number of amides is 1. The molecule has 120 valence electrons. The third kappa shape index (κ3) is 3.28. The van der Waals surface area contributed by atoms with E-state index in [1.165, 1.54) is 38.5 Å². The third-order valence-corrected chi connectivity index (χ3v) is 6.42. The lowest BCUT2D eigenvalue weighted by atomic mass is 9.49. The fraction of sp³-hybridized carbons (Fsp3) is 0.944. The number of carbonyl (C=O) groups is 1. The van der Waals surface area contributed by atoms with E-state index in [4.69, 9.17) is 5.73 Å². The normalized spacial score (nSPS) is 38.5. The van der Waals surface area contributed by atoms with Crippen LogP contribution in [-0.4, -0.2) is 30.9 Å². The van der Waals surface area contributed by atoms with Crippen LogP contribution < -0.4 is 5.73 Å². The van der Waals surface area contributed by atoms with Crippen LogP contribution in [0, 0.1) is 29.1 Å². The minimum atomic E-state index is 0.325. The summed E-state index contributed by atoms with van der Waals surface area (Å²) in [5.74, 6) is 3.69. The second-order valence-electron chi connectivity index (χ2n) is 8.55. The largest absolute Gasteiger partial charge is 0.345 e. The molecule has 1 atom stereocenters. The van der Waals surface area contributed by atoms with Crippen molar-refractivity contribution in [2.45, 2.75) is 58.3 Å². The summed E-state index contributed by atoms with van der Waals surface area (Å²) in [6, 6.07) is 0. The van der Waals surface area contributed by atoms with Crippen molar-refractivity contribution >= 4 is 5.91 Å². The van der Waals surface area contributed by atoms with Gasteiger partial charge in [-0.25, -0.2) is 0 Å². The van der Waals surface area contributed by atoms with Crippen LogP contribution in [0.5, 0.6) is 0 Å². The van der Waals surface area contributed by atoms with Crippen LogP contribution in [0.1, 0.15) is 58.3 Å². The molecular formula is C18H32N2O.